The smallest absolute Gasteiger partial charge is 0.359 e. The predicted molar refractivity (Wildman–Crippen MR) is 70.5 cm³/mol. The van der Waals surface area contributed by atoms with Crippen LogP contribution in [-0.2, 0) is 4.74 Å². The molecular formula is C10H8IN3O4. The molecule has 2 heterocycles. The number of carbonyl (C=O) groups is 1. The van der Waals surface area contributed by atoms with Gasteiger partial charge in [0.15, 0.2) is 5.69 Å². The van der Waals surface area contributed by atoms with Gasteiger partial charge in [-0.3, -0.25) is 14.5 Å². The number of hydrogen-bond acceptors (Lipinski definition) is 5. The van der Waals surface area contributed by atoms with Crippen LogP contribution < -0.4 is 0 Å². The highest BCUT2D eigenvalue weighted by Crippen LogP contribution is 2.23. The number of halogens is 1. The zero-order valence-electron chi connectivity index (χ0n) is 9.29. The van der Waals surface area contributed by atoms with Gasteiger partial charge >= 0.3 is 11.7 Å². The molecule has 0 aliphatic rings. The molecule has 0 spiro atoms. The summed E-state index contributed by atoms with van der Waals surface area (Å²) in [4.78, 5) is 26.0. The van der Waals surface area contributed by atoms with Gasteiger partial charge in [-0.1, -0.05) is 0 Å². The summed E-state index contributed by atoms with van der Waals surface area (Å²) < 4.78 is 6.83. The Morgan fingerprint density at radius 2 is 2.39 bits per heavy atom. The SMILES string of the molecule is CCOC(=O)c1nc2c([N+](=O)[O-])cccn2c1I. The number of imidazole rings is 1. The van der Waals surface area contributed by atoms with Gasteiger partial charge in [0, 0.05) is 12.3 Å². The Bertz CT molecular complexity index is 637. The lowest BCUT2D eigenvalue weighted by Crippen LogP contribution is -2.06. The van der Waals surface area contributed by atoms with Gasteiger partial charge in [0.2, 0.25) is 5.65 Å². The van der Waals surface area contributed by atoms with Crippen molar-refractivity contribution in [2.75, 3.05) is 6.61 Å². The van der Waals surface area contributed by atoms with Gasteiger partial charge < -0.3 is 4.74 Å². The Balaban J connectivity index is 2.66. The molecule has 2 rings (SSSR count). The second-order valence-corrected chi connectivity index (χ2v) is 4.34. The molecule has 94 valence electrons. The van der Waals surface area contributed by atoms with Crippen LogP contribution in [0, 0.1) is 13.8 Å². The highest BCUT2D eigenvalue weighted by molar-refractivity contribution is 14.1. The van der Waals surface area contributed by atoms with Gasteiger partial charge in [-0.2, -0.15) is 0 Å². The van der Waals surface area contributed by atoms with Crippen molar-refractivity contribution < 1.29 is 14.5 Å². The van der Waals surface area contributed by atoms with Crippen LogP contribution in [0.4, 0.5) is 5.69 Å². The normalized spacial score (nSPS) is 10.6. The van der Waals surface area contributed by atoms with E-state index in [9.17, 15) is 14.9 Å². The minimum absolute atomic E-state index is 0.0896. The maximum atomic E-state index is 11.6. The second-order valence-electron chi connectivity index (χ2n) is 3.32. The molecule has 0 aromatic carbocycles. The highest BCUT2D eigenvalue weighted by atomic mass is 127. The number of hydrogen-bond donors (Lipinski definition) is 0. The third kappa shape index (κ3) is 2.03. The quantitative estimate of drug-likeness (QED) is 0.361. The van der Waals surface area contributed by atoms with Crippen LogP contribution in [-0.4, -0.2) is 26.9 Å². The van der Waals surface area contributed by atoms with Crippen molar-refractivity contribution in [2.45, 2.75) is 6.92 Å². The molecular weight excluding hydrogens is 353 g/mol. The molecule has 0 saturated heterocycles. The first kappa shape index (κ1) is 12.7. The zero-order chi connectivity index (χ0) is 13.3. The maximum absolute atomic E-state index is 11.6. The molecule has 18 heavy (non-hydrogen) atoms. The molecule has 0 fully saturated rings. The van der Waals surface area contributed by atoms with E-state index >= 15 is 0 Å². The third-order valence-electron chi connectivity index (χ3n) is 2.24. The van der Waals surface area contributed by atoms with Crippen LogP contribution >= 0.6 is 22.6 Å². The number of nitrogens with zero attached hydrogens (tertiary/aromatic N) is 3. The Hall–Kier alpha value is -1.71. The maximum Gasteiger partial charge on any atom is 0.359 e. The van der Waals surface area contributed by atoms with Crippen LogP contribution in [0.2, 0.25) is 0 Å². The summed E-state index contributed by atoms with van der Waals surface area (Å²) in [5, 5.41) is 10.9. The molecule has 0 N–H and O–H groups in total. The first-order valence-corrected chi connectivity index (χ1v) is 6.12. The first-order valence-electron chi connectivity index (χ1n) is 5.04. The van der Waals surface area contributed by atoms with Gasteiger partial charge in [0.25, 0.3) is 0 Å². The fraction of sp³-hybridized carbons (Fsp3) is 0.200. The van der Waals surface area contributed by atoms with Gasteiger partial charge in [-0.15, -0.1) is 0 Å². The third-order valence-corrected chi connectivity index (χ3v) is 3.27. The number of aromatic nitrogens is 2. The number of fused-ring (bicyclic) bond motifs is 1. The van der Waals surface area contributed by atoms with E-state index < -0.39 is 10.9 Å². The van der Waals surface area contributed by atoms with Gasteiger partial charge in [0.05, 0.1) is 11.5 Å². The van der Waals surface area contributed by atoms with Crippen molar-refractivity contribution in [2.24, 2.45) is 0 Å². The molecule has 0 bridgehead atoms. The van der Waals surface area contributed by atoms with Crippen molar-refractivity contribution >= 4 is 39.9 Å². The number of esters is 1. The number of carbonyl (C=O) groups excluding carboxylic acids is 1. The number of nitro groups is 1. The molecule has 0 amide bonds. The molecule has 7 nitrogen and oxygen atoms in total. The highest BCUT2D eigenvalue weighted by Gasteiger charge is 2.23. The molecule has 8 heteroatoms. The van der Waals surface area contributed by atoms with Crippen LogP contribution in [0.15, 0.2) is 18.3 Å². The first-order chi connectivity index (χ1) is 8.56. The van der Waals surface area contributed by atoms with E-state index in [0.29, 0.717) is 3.70 Å². The van der Waals surface area contributed by atoms with E-state index in [1.165, 1.54) is 16.5 Å². The Labute approximate surface area is 115 Å². The molecule has 0 radical (unpaired) electrons. The number of rotatable bonds is 3. The van der Waals surface area contributed by atoms with Crippen LogP contribution in [0.5, 0.6) is 0 Å². The molecule has 0 atom stereocenters. The molecule has 0 aliphatic carbocycles. The average Bonchev–Trinajstić information content (AvgIpc) is 2.67. The van der Waals surface area contributed by atoms with E-state index in [1.54, 1.807) is 13.1 Å². The minimum Gasteiger partial charge on any atom is -0.461 e. The van der Waals surface area contributed by atoms with E-state index in [1.807, 2.05) is 22.6 Å². The average molecular weight is 361 g/mol. The Morgan fingerprint density at radius 1 is 1.67 bits per heavy atom. The fourth-order valence-electron chi connectivity index (χ4n) is 1.50. The van der Waals surface area contributed by atoms with Crippen molar-refractivity contribution in [1.29, 1.82) is 0 Å². The van der Waals surface area contributed by atoms with Crippen molar-refractivity contribution in [3.8, 4) is 0 Å². The van der Waals surface area contributed by atoms with Gasteiger partial charge in [-0.05, 0) is 35.6 Å². The van der Waals surface area contributed by atoms with Crippen molar-refractivity contribution in [3.63, 3.8) is 0 Å². The van der Waals surface area contributed by atoms with Crippen LogP contribution in [0.1, 0.15) is 17.4 Å². The summed E-state index contributed by atoms with van der Waals surface area (Å²) >= 11 is 1.91. The summed E-state index contributed by atoms with van der Waals surface area (Å²) in [6.07, 6.45) is 1.61. The van der Waals surface area contributed by atoms with Crippen LogP contribution in [0.3, 0.4) is 0 Å². The fourth-order valence-corrected chi connectivity index (χ4v) is 2.23. The lowest BCUT2D eigenvalue weighted by atomic mass is 10.4. The van der Waals surface area contributed by atoms with Gasteiger partial charge in [0.1, 0.15) is 3.70 Å². The molecule has 2 aromatic rings. The van der Waals surface area contributed by atoms with E-state index in [2.05, 4.69) is 4.98 Å². The molecule has 0 saturated carbocycles. The van der Waals surface area contributed by atoms with Crippen LogP contribution in [0.25, 0.3) is 5.65 Å². The Kier molecular flexibility index (Phi) is 3.45. The Morgan fingerprint density at radius 3 is 3.00 bits per heavy atom. The summed E-state index contributed by atoms with van der Waals surface area (Å²) in [5.41, 5.74) is 0.0765. The second kappa shape index (κ2) is 4.88. The lowest BCUT2D eigenvalue weighted by Gasteiger charge is -1.97. The minimum atomic E-state index is -0.583. The summed E-state index contributed by atoms with van der Waals surface area (Å²) in [6, 6.07) is 2.87. The molecule has 0 unspecified atom stereocenters. The molecule has 0 aliphatic heterocycles. The summed E-state index contributed by atoms with van der Waals surface area (Å²) in [5.74, 6) is -0.583. The van der Waals surface area contributed by atoms with Crippen molar-refractivity contribution in [1.82, 2.24) is 9.38 Å². The largest absolute Gasteiger partial charge is 0.461 e. The predicted octanol–water partition coefficient (Wildman–Crippen LogP) is 2.02. The zero-order valence-corrected chi connectivity index (χ0v) is 11.4. The standard InChI is InChI=1S/C10H8IN3O4/c1-2-18-10(15)7-8(11)13-5-3-4-6(14(16)17)9(13)12-7/h3-5H,2H2,1H3. The number of pyridine rings is 1. The van der Waals surface area contributed by atoms with E-state index in [4.69, 9.17) is 4.74 Å². The monoisotopic (exact) mass is 361 g/mol. The number of ether oxygens (including phenoxy) is 1. The van der Waals surface area contributed by atoms with Crippen molar-refractivity contribution in [3.05, 3.63) is 37.8 Å². The summed E-state index contributed by atoms with van der Waals surface area (Å²) in [7, 11) is 0. The van der Waals surface area contributed by atoms with E-state index in [0.717, 1.165) is 0 Å². The molecule has 2 aromatic heterocycles. The summed E-state index contributed by atoms with van der Waals surface area (Å²) in [6.45, 7) is 1.91. The van der Waals surface area contributed by atoms with Gasteiger partial charge in [-0.25, -0.2) is 9.78 Å². The topological polar surface area (TPSA) is 86.7 Å². The lowest BCUT2D eigenvalue weighted by molar-refractivity contribution is -0.383. The van der Waals surface area contributed by atoms with E-state index in [-0.39, 0.29) is 23.6 Å².